The molecule has 0 amide bonds. The van der Waals surface area contributed by atoms with Gasteiger partial charge in [0.05, 0.1) is 17.7 Å². The number of carbonyl (C=O) groups is 1. The summed E-state index contributed by atoms with van der Waals surface area (Å²) in [4.78, 5) is 13.3. The van der Waals surface area contributed by atoms with Crippen LogP contribution in [0.4, 0.5) is 0 Å². The van der Waals surface area contributed by atoms with Crippen LogP contribution in [0.3, 0.4) is 0 Å². The Bertz CT molecular complexity index is 1060. The van der Waals surface area contributed by atoms with E-state index in [0.717, 1.165) is 22.2 Å². The van der Waals surface area contributed by atoms with Gasteiger partial charge < -0.3 is 19.5 Å². The zero-order chi connectivity index (χ0) is 19.3. The third-order valence-electron chi connectivity index (χ3n) is 5.48. The van der Waals surface area contributed by atoms with E-state index in [2.05, 4.69) is 13.8 Å². The van der Waals surface area contributed by atoms with Crippen molar-refractivity contribution in [2.45, 2.75) is 25.7 Å². The number of phenolic OH excluding ortho intramolecular Hbond substituents is 1. The van der Waals surface area contributed by atoms with Crippen molar-refractivity contribution in [3.05, 3.63) is 58.8 Å². The topological polar surface area (TPSA) is 71.7 Å². The van der Waals surface area contributed by atoms with Gasteiger partial charge in [0.1, 0.15) is 11.5 Å². The Morgan fingerprint density at radius 3 is 2.67 bits per heavy atom. The van der Waals surface area contributed by atoms with E-state index in [-0.39, 0.29) is 18.1 Å². The summed E-state index contributed by atoms with van der Waals surface area (Å²) in [5, 5.41) is 19.7. The second kappa shape index (κ2) is 6.13. The Morgan fingerprint density at radius 1 is 1.15 bits per heavy atom. The number of aliphatic hydroxyl groups is 1. The Kier molecular flexibility index (Phi) is 4.00. The minimum atomic E-state index is -0.404. The Balaban J connectivity index is 1.91. The maximum Gasteiger partial charge on any atom is 0.195 e. The lowest BCUT2D eigenvalue weighted by molar-refractivity contribution is 0.103. The fourth-order valence-corrected chi connectivity index (χ4v) is 4.23. The third kappa shape index (κ3) is 2.53. The molecule has 0 atom stereocenters. The molecule has 1 aromatic heterocycles. The normalized spacial score (nSPS) is 14.9. The van der Waals surface area contributed by atoms with Gasteiger partial charge >= 0.3 is 0 Å². The number of aromatic nitrogens is 1. The van der Waals surface area contributed by atoms with Crippen molar-refractivity contribution in [2.24, 2.45) is 7.05 Å². The number of rotatable bonds is 4. The maximum absolute atomic E-state index is 13.3. The molecule has 1 aliphatic rings. The predicted molar refractivity (Wildman–Crippen MR) is 104 cm³/mol. The lowest BCUT2D eigenvalue weighted by Crippen LogP contribution is -2.32. The third-order valence-corrected chi connectivity index (χ3v) is 5.48. The molecule has 1 aliphatic carbocycles. The molecule has 5 heteroatoms. The minimum absolute atomic E-state index is 0.00229. The molecule has 3 aromatic rings. The van der Waals surface area contributed by atoms with Crippen molar-refractivity contribution < 1.29 is 19.7 Å². The molecule has 0 unspecified atom stereocenters. The van der Waals surface area contributed by atoms with Gasteiger partial charge in [0.2, 0.25) is 0 Å². The summed E-state index contributed by atoms with van der Waals surface area (Å²) in [7, 11) is 1.93. The summed E-state index contributed by atoms with van der Waals surface area (Å²) >= 11 is 0. The van der Waals surface area contributed by atoms with Crippen molar-refractivity contribution in [1.82, 2.24) is 4.57 Å². The standard InChI is InChI=1S/C22H23NO4/c1-22(2)17-12-14(27-10-4-9-24)6-8-15(17)20(26)19-16-7-5-13(25)11-18(16)23(3)21(19)22/h5-8,11-12,24-25H,4,9-10H2,1-3H3. The summed E-state index contributed by atoms with van der Waals surface area (Å²) in [6.07, 6.45) is 0.566. The highest BCUT2D eigenvalue weighted by Crippen LogP contribution is 2.46. The summed E-state index contributed by atoms with van der Waals surface area (Å²) in [6, 6.07) is 10.7. The van der Waals surface area contributed by atoms with Crippen LogP contribution >= 0.6 is 0 Å². The SMILES string of the molecule is Cn1c2c(c3ccc(O)cc31)C(=O)c1ccc(OCCCO)cc1C2(C)C. The second-order valence-electron chi connectivity index (χ2n) is 7.57. The molecule has 0 spiro atoms. The zero-order valence-electron chi connectivity index (χ0n) is 15.7. The average Bonchev–Trinajstić information content (AvgIpc) is 2.93. The van der Waals surface area contributed by atoms with Gasteiger partial charge in [-0.05, 0) is 35.9 Å². The summed E-state index contributed by atoms with van der Waals surface area (Å²) in [5.41, 5.74) is 3.69. The number of hydrogen-bond acceptors (Lipinski definition) is 4. The monoisotopic (exact) mass is 365 g/mol. The van der Waals surface area contributed by atoms with E-state index in [4.69, 9.17) is 9.84 Å². The van der Waals surface area contributed by atoms with Gasteiger partial charge in [-0.3, -0.25) is 4.79 Å². The Labute approximate surface area is 157 Å². The number of phenols is 1. The van der Waals surface area contributed by atoms with Crippen molar-refractivity contribution in [2.75, 3.05) is 13.2 Å². The zero-order valence-corrected chi connectivity index (χ0v) is 15.7. The fourth-order valence-electron chi connectivity index (χ4n) is 4.23. The molecule has 140 valence electrons. The Hall–Kier alpha value is -2.79. The van der Waals surface area contributed by atoms with Gasteiger partial charge in [0, 0.05) is 48.2 Å². The van der Waals surface area contributed by atoms with Gasteiger partial charge in [0.25, 0.3) is 0 Å². The van der Waals surface area contributed by atoms with Gasteiger partial charge in [-0.25, -0.2) is 0 Å². The summed E-state index contributed by atoms with van der Waals surface area (Å²) in [5.74, 6) is 0.878. The number of benzene rings is 2. The summed E-state index contributed by atoms with van der Waals surface area (Å²) in [6.45, 7) is 4.73. The number of ether oxygens (including phenoxy) is 1. The number of nitrogens with zero attached hydrogens (tertiary/aromatic N) is 1. The number of ketones is 1. The molecular formula is C22H23NO4. The maximum atomic E-state index is 13.3. The van der Waals surface area contributed by atoms with Crippen LogP contribution in [0.15, 0.2) is 36.4 Å². The number of hydrogen-bond donors (Lipinski definition) is 2. The molecule has 1 heterocycles. The van der Waals surface area contributed by atoms with E-state index in [1.54, 1.807) is 12.1 Å². The molecule has 0 saturated carbocycles. The van der Waals surface area contributed by atoms with Crippen LogP contribution in [-0.4, -0.2) is 33.8 Å². The minimum Gasteiger partial charge on any atom is -0.508 e. The van der Waals surface area contributed by atoms with Crippen LogP contribution in [0.25, 0.3) is 10.9 Å². The quantitative estimate of drug-likeness (QED) is 0.694. The van der Waals surface area contributed by atoms with E-state index in [0.29, 0.717) is 29.9 Å². The number of carbonyl (C=O) groups excluding carboxylic acids is 1. The first-order chi connectivity index (χ1) is 12.9. The van der Waals surface area contributed by atoms with Crippen LogP contribution in [0, 0.1) is 0 Å². The number of aromatic hydroxyl groups is 1. The molecule has 0 aliphatic heterocycles. The molecule has 0 saturated heterocycles. The first kappa shape index (κ1) is 17.6. The van der Waals surface area contributed by atoms with E-state index < -0.39 is 5.41 Å². The molecule has 0 radical (unpaired) electrons. The highest BCUT2D eigenvalue weighted by atomic mass is 16.5. The average molecular weight is 365 g/mol. The van der Waals surface area contributed by atoms with Crippen molar-refractivity contribution in [1.29, 1.82) is 0 Å². The number of aliphatic hydroxyl groups excluding tert-OH is 1. The van der Waals surface area contributed by atoms with E-state index >= 15 is 0 Å². The number of fused-ring (bicyclic) bond motifs is 4. The smallest absolute Gasteiger partial charge is 0.195 e. The Morgan fingerprint density at radius 2 is 1.93 bits per heavy atom. The van der Waals surface area contributed by atoms with Crippen LogP contribution in [-0.2, 0) is 12.5 Å². The number of aryl methyl sites for hydroxylation is 1. The first-order valence-corrected chi connectivity index (χ1v) is 9.11. The molecule has 27 heavy (non-hydrogen) atoms. The van der Waals surface area contributed by atoms with Crippen LogP contribution in [0.5, 0.6) is 11.5 Å². The van der Waals surface area contributed by atoms with Gasteiger partial charge in [-0.15, -0.1) is 0 Å². The van der Waals surface area contributed by atoms with E-state index in [1.807, 2.05) is 35.9 Å². The first-order valence-electron chi connectivity index (χ1n) is 9.11. The second-order valence-corrected chi connectivity index (χ2v) is 7.57. The molecule has 4 rings (SSSR count). The van der Waals surface area contributed by atoms with Crippen molar-refractivity contribution >= 4 is 16.7 Å². The molecule has 2 N–H and O–H groups in total. The fraction of sp³-hybridized carbons (Fsp3) is 0.318. The van der Waals surface area contributed by atoms with Gasteiger partial charge in [-0.2, -0.15) is 0 Å². The van der Waals surface area contributed by atoms with E-state index in [1.165, 1.54) is 0 Å². The molecule has 5 nitrogen and oxygen atoms in total. The lowest BCUT2D eigenvalue weighted by atomic mass is 9.71. The molecule has 2 aromatic carbocycles. The molecule has 0 fully saturated rings. The van der Waals surface area contributed by atoms with Gasteiger partial charge in [0.15, 0.2) is 5.78 Å². The highest BCUT2D eigenvalue weighted by molar-refractivity contribution is 6.20. The summed E-state index contributed by atoms with van der Waals surface area (Å²) < 4.78 is 7.73. The van der Waals surface area contributed by atoms with Crippen molar-refractivity contribution in [3.8, 4) is 11.5 Å². The lowest BCUT2D eigenvalue weighted by Gasteiger charge is -2.33. The predicted octanol–water partition coefficient (Wildman–Crippen LogP) is 3.52. The van der Waals surface area contributed by atoms with Gasteiger partial charge in [-0.1, -0.05) is 13.8 Å². The molecular weight excluding hydrogens is 342 g/mol. The van der Waals surface area contributed by atoms with Crippen LogP contribution in [0.2, 0.25) is 0 Å². The van der Waals surface area contributed by atoms with Crippen LogP contribution < -0.4 is 4.74 Å². The van der Waals surface area contributed by atoms with Crippen LogP contribution in [0.1, 0.15) is 47.4 Å². The largest absolute Gasteiger partial charge is 0.508 e. The van der Waals surface area contributed by atoms with Crippen molar-refractivity contribution in [3.63, 3.8) is 0 Å². The van der Waals surface area contributed by atoms with E-state index in [9.17, 15) is 9.90 Å². The highest BCUT2D eigenvalue weighted by Gasteiger charge is 2.41. The molecule has 0 bridgehead atoms.